The standard InChI is InChI=1S/C16H17N5O3S/c1-2-9-20-15(11-3-4-11)18-19-16(20)25-10-14(22)17-12-5-7-13(8-6-12)21(23)24/h2,5-8,11H,1,3-4,9-10H2,(H,17,22). The second kappa shape index (κ2) is 7.47. The summed E-state index contributed by atoms with van der Waals surface area (Å²) in [6.45, 7) is 4.37. The number of nitrogens with one attached hydrogen (secondary N) is 1. The molecule has 3 rings (SSSR count). The van der Waals surface area contributed by atoms with Gasteiger partial charge in [0.15, 0.2) is 5.16 Å². The minimum Gasteiger partial charge on any atom is -0.325 e. The largest absolute Gasteiger partial charge is 0.325 e. The van der Waals surface area contributed by atoms with Crippen LogP contribution in [0.2, 0.25) is 0 Å². The predicted molar refractivity (Wildman–Crippen MR) is 94.6 cm³/mol. The van der Waals surface area contributed by atoms with Gasteiger partial charge < -0.3 is 9.88 Å². The van der Waals surface area contributed by atoms with Gasteiger partial charge >= 0.3 is 0 Å². The second-order valence-corrected chi connectivity index (χ2v) is 6.60. The van der Waals surface area contributed by atoms with Crippen molar-refractivity contribution in [1.29, 1.82) is 0 Å². The minimum absolute atomic E-state index is 0.0162. The lowest BCUT2D eigenvalue weighted by atomic mass is 10.3. The third-order valence-corrected chi connectivity index (χ3v) is 4.66. The van der Waals surface area contributed by atoms with Gasteiger partial charge in [-0.3, -0.25) is 14.9 Å². The maximum Gasteiger partial charge on any atom is 0.269 e. The summed E-state index contributed by atoms with van der Waals surface area (Å²) < 4.78 is 1.99. The number of allylic oxidation sites excluding steroid dienone is 1. The number of carbonyl (C=O) groups excluding carboxylic acids is 1. The van der Waals surface area contributed by atoms with Gasteiger partial charge in [0.1, 0.15) is 5.82 Å². The molecule has 1 N–H and O–H groups in total. The van der Waals surface area contributed by atoms with Crippen LogP contribution in [0.1, 0.15) is 24.6 Å². The lowest BCUT2D eigenvalue weighted by Crippen LogP contribution is -2.14. The predicted octanol–water partition coefficient (Wildman–Crippen LogP) is 2.98. The first-order valence-electron chi connectivity index (χ1n) is 7.79. The average Bonchev–Trinajstić information content (AvgIpc) is 3.36. The maximum atomic E-state index is 12.1. The molecule has 1 aliphatic rings. The molecule has 1 aromatic carbocycles. The topological polar surface area (TPSA) is 103 Å². The second-order valence-electron chi connectivity index (χ2n) is 5.66. The van der Waals surface area contributed by atoms with Crippen molar-refractivity contribution in [2.24, 2.45) is 0 Å². The number of nitro groups is 1. The molecule has 25 heavy (non-hydrogen) atoms. The Morgan fingerprint density at radius 2 is 2.12 bits per heavy atom. The molecule has 0 aliphatic heterocycles. The molecule has 0 saturated heterocycles. The minimum atomic E-state index is -0.481. The summed E-state index contributed by atoms with van der Waals surface area (Å²) in [4.78, 5) is 22.2. The summed E-state index contributed by atoms with van der Waals surface area (Å²) in [5, 5.41) is 22.4. The number of anilines is 1. The molecule has 1 aromatic heterocycles. The molecule has 1 amide bonds. The molecular weight excluding hydrogens is 342 g/mol. The summed E-state index contributed by atoms with van der Waals surface area (Å²) in [6, 6.07) is 5.72. The number of rotatable bonds is 8. The van der Waals surface area contributed by atoms with Gasteiger partial charge in [-0.05, 0) is 25.0 Å². The third kappa shape index (κ3) is 4.24. The van der Waals surface area contributed by atoms with Crippen molar-refractivity contribution in [2.45, 2.75) is 30.5 Å². The highest BCUT2D eigenvalue weighted by Gasteiger charge is 2.30. The summed E-state index contributed by atoms with van der Waals surface area (Å²) in [7, 11) is 0. The molecule has 0 unspecified atom stereocenters. The fourth-order valence-corrected chi connectivity index (χ4v) is 3.10. The average molecular weight is 359 g/mol. The van der Waals surface area contributed by atoms with Gasteiger partial charge in [-0.15, -0.1) is 16.8 Å². The van der Waals surface area contributed by atoms with Crippen LogP contribution < -0.4 is 5.32 Å². The lowest BCUT2D eigenvalue weighted by molar-refractivity contribution is -0.384. The Morgan fingerprint density at radius 1 is 1.40 bits per heavy atom. The summed E-state index contributed by atoms with van der Waals surface area (Å²) in [5.41, 5.74) is 0.500. The highest BCUT2D eigenvalue weighted by Crippen LogP contribution is 2.40. The molecule has 8 nitrogen and oxygen atoms in total. The normalized spacial score (nSPS) is 13.4. The SMILES string of the molecule is C=CCn1c(SCC(=O)Nc2ccc([N+](=O)[O-])cc2)nnc1C1CC1. The Hall–Kier alpha value is -2.68. The number of non-ortho nitro benzene ring substituents is 1. The Bertz CT molecular complexity index is 799. The molecule has 0 radical (unpaired) electrons. The first kappa shape index (κ1) is 17.2. The number of benzene rings is 1. The quantitative estimate of drug-likeness (QED) is 0.336. The molecule has 0 bridgehead atoms. The maximum absolute atomic E-state index is 12.1. The molecule has 1 saturated carbocycles. The molecule has 130 valence electrons. The van der Waals surface area contributed by atoms with Crippen LogP contribution in [0.5, 0.6) is 0 Å². The number of thioether (sulfide) groups is 1. The number of amides is 1. The van der Waals surface area contributed by atoms with E-state index in [1.54, 1.807) is 6.08 Å². The monoisotopic (exact) mass is 359 g/mol. The molecule has 1 heterocycles. The van der Waals surface area contributed by atoms with Crippen molar-refractivity contribution in [2.75, 3.05) is 11.1 Å². The van der Waals surface area contributed by atoms with Crippen LogP contribution in [0.4, 0.5) is 11.4 Å². The zero-order valence-electron chi connectivity index (χ0n) is 13.4. The number of hydrogen-bond acceptors (Lipinski definition) is 6. The van der Waals surface area contributed by atoms with E-state index in [4.69, 9.17) is 0 Å². The van der Waals surface area contributed by atoms with E-state index < -0.39 is 4.92 Å². The van der Waals surface area contributed by atoms with Crippen LogP contribution in [0, 0.1) is 10.1 Å². The van der Waals surface area contributed by atoms with Crippen LogP contribution in [-0.2, 0) is 11.3 Å². The van der Waals surface area contributed by atoms with Crippen LogP contribution in [0.3, 0.4) is 0 Å². The van der Waals surface area contributed by atoms with E-state index in [0.29, 0.717) is 23.3 Å². The molecule has 1 fully saturated rings. The van der Waals surface area contributed by atoms with E-state index in [0.717, 1.165) is 18.7 Å². The van der Waals surface area contributed by atoms with Gasteiger partial charge in [0.2, 0.25) is 5.91 Å². The zero-order valence-corrected chi connectivity index (χ0v) is 14.2. The lowest BCUT2D eigenvalue weighted by Gasteiger charge is -2.07. The third-order valence-electron chi connectivity index (χ3n) is 3.69. The number of aromatic nitrogens is 3. The van der Waals surface area contributed by atoms with Crippen molar-refractivity contribution in [3.05, 3.63) is 52.9 Å². The van der Waals surface area contributed by atoms with E-state index in [2.05, 4.69) is 22.1 Å². The van der Waals surface area contributed by atoms with E-state index in [1.165, 1.54) is 36.0 Å². The fraction of sp³-hybridized carbons (Fsp3) is 0.312. The Morgan fingerprint density at radius 3 is 2.72 bits per heavy atom. The van der Waals surface area contributed by atoms with E-state index >= 15 is 0 Å². The van der Waals surface area contributed by atoms with Crippen LogP contribution in [0.25, 0.3) is 0 Å². The van der Waals surface area contributed by atoms with Gasteiger partial charge in [-0.2, -0.15) is 0 Å². The molecular formula is C16H17N5O3S. The van der Waals surface area contributed by atoms with Gasteiger partial charge in [-0.1, -0.05) is 17.8 Å². The Labute approximate surface area is 148 Å². The number of nitro benzene ring substituents is 1. The molecule has 0 atom stereocenters. The summed E-state index contributed by atoms with van der Waals surface area (Å²) in [5.74, 6) is 1.39. The van der Waals surface area contributed by atoms with Gasteiger partial charge in [0.05, 0.1) is 10.7 Å². The molecule has 9 heteroatoms. The number of nitrogens with zero attached hydrogens (tertiary/aromatic N) is 4. The van der Waals surface area contributed by atoms with Crippen LogP contribution >= 0.6 is 11.8 Å². The van der Waals surface area contributed by atoms with Gasteiger partial charge in [0.25, 0.3) is 5.69 Å². The zero-order chi connectivity index (χ0) is 17.8. The van der Waals surface area contributed by atoms with Crippen molar-refractivity contribution >= 4 is 29.0 Å². The highest BCUT2D eigenvalue weighted by atomic mass is 32.2. The van der Waals surface area contributed by atoms with Crippen LogP contribution in [0.15, 0.2) is 42.1 Å². The molecule has 0 spiro atoms. The van der Waals surface area contributed by atoms with E-state index in [-0.39, 0.29) is 17.3 Å². The fourth-order valence-electron chi connectivity index (χ4n) is 2.34. The van der Waals surface area contributed by atoms with Gasteiger partial charge in [-0.25, -0.2) is 0 Å². The first-order valence-corrected chi connectivity index (χ1v) is 8.78. The highest BCUT2D eigenvalue weighted by molar-refractivity contribution is 7.99. The number of carbonyl (C=O) groups is 1. The Balaban J connectivity index is 1.58. The summed E-state index contributed by atoms with van der Waals surface area (Å²) in [6.07, 6.45) is 4.04. The van der Waals surface area contributed by atoms with Crippen molar-refractivity contribution < 1.29 is 9.72 Å². The van der Waals surface area contributed by atoms with Crippen molar-refractivity contribution in [3.63, 3.8) is 0 Å². The molecule has 2 aromatic rings. The van der Waals surface area contributed by atoms with Gasteiger partial charge in [0, 0.05) is 30.3 Å². The molecule has 1 aliphatic carbocycles. The van der Waals surface area contributed by atoms with Crippen molar-refractivity contribution in [3.8, 4) is 0 Å². The first-order chi connectivity index (χ1) is 12.1. The van der Waals surface area contributed by atoms with E-state index in [9.17, 15) is 14.9 Å². The van der Waals surface area contributed by atoms with Crippen molar-refractivity contribution in [1.82, 2.24) is 14.8 Å². The smallest absolute Gasteiger partial charge is 0.269 e. The number of hydrogen-bond donors (Lipinski definition) is 1. The summed E-state index contributed by atoms with van der Waals surface area (Å²) >= 11 is 1.31. The van der Waals surface area contributed by atoms with E-state index in [1.807, 2.05) is 4.57 Å². The Kier molecular flexibility index (Phi) is 5.13. The van der Waals surface area contributed by atoms with Crippen LogP contribution in [-0.4, -0.2) is 31.3 Å².